The largest absolute Gasteiger partial charge is 0.377 e. The molecule has 0 radical (unpaired) electrons. The summed E-state index contributed by atoms with van der Waals surface area (Å²) in [6.45, 7) is 2.30. The van der Waals surface area contributed by atoms with Crippen molar-refractivity contribution in [1.29, 1.82) is 0 Å². The summed E-state index contributed by atoms with van der Waals surface area (Å²) in [5, 5.41) is 9.74. The Bertz CT molecular complexity index is 1320. The number of pyridine rings is 1. The number of carbonyl (C=O) groups excluding carboxylic acids is 1. The second kappa shape index (κ2) is 8.04. The van der Waals surface area contributed by atoms with Crippen molar-refractivity contribution in [3.8, 4) is 11.5 Å². The quantitative estimate of drug-likeness (QED) is 0.473. The number of halogens is 1. The van der Waals surface area contributed by atoms with E-state index >= 15 is 0 Å². The molecule has 33 heavy (non-hydrogen) atoms. The number of nitrogens with zero attached hydrogens (tertiary/aromatic N) is 6. The standard InChI is InChI=1S/C23H21FN6O3/c24-18-2-1-7-25-20(18)23(31)29-8-5-14(6-9-29)21-27-22(33-28-21)15-3-4-16-11-26-30(19(16)10-15)17-12-32-13-17/h1-4,7,10-11,14,17H,5-6,8-9,12-13H2. The average molecular weight is 448 g/mol. The van der Waals surface area contributed by atoms with Crippen LogP contribution >= 0.6 is 0 Å². The molecule has 0 spiro atoms. The van der Waals surface area contributed by atoms with Gasteiger partial charge in [0, 0.05) is 36.2 Å². The fourth-order valence-electron chi connectivity index (χ4n) is 4.38. The van der Waals surface area contributed by atoms with E-state index in [4.69, 9.17) is 9.26 Å². The van der Waals surface area contributed by atoms with Crippen LogP contribution in [0.25, 0.3) is 22.4 Å². The molecule has 1 aromatic carbocycles. The van der Waals surface area contributed by atoms with Gasteiger partial charge in [-0.1, -0.05) is 11.2 Å². The number of carbonyl (C=O) groups is 1. The number of fused-ring (bicyclic) bond motifs is 1. The molecule has 9 nitrogen and oxygen atoms in total. The van der Waals surface area contributed by atoms with Crippen molar-refractivity contribution in [2.45, 2.75) is 24.8 Å². The van der Waals surface area contributed by atoms with E-state index < -0.39 is 5.82 Å². The van der Waals surface area contributed by atoms with Crippen molar-refractivity contribution >= 4 is 16.8 Å². The zero-order valence-corrected chi connectivity index (χ0v) is 17.7. The Morgan fingerprint density at radius 2 is 2.00 bits per heavy atom. The zero-order chi connectivity index (χ0) is 22.4. The molecule has 4 aromatic rings. The van der Waals surface area contributed by atoms with Crippen LogP contribution in [0.1, 0.15) is 41.1 Å². The molecular formula is C23H21FN6O3. The molecule has 6 rings (SSSR count). The van der Waals surface area contributed by atoms with E-state index in [1.807, 2.05) is 29.1 Å². The summed E-state index contributed by atoms with van der Waals surface area (Å²) in [7, 11) is 0. The van der Waals surface area contributed by atoms with Gasteiger partial charge < -0.3 is 14.2 Å². The summed E-state index contributed by atoms with van der Waals surface area (Å²) in [4.78, 5) is 22.8. The van der Waals surface area contributed by atoms with Gasteiger partial charge in [-0.05, 0) is 37.1 Å². The normalized spacial score (nSPS) is 17.4. The Hall–Kier alpha value is -3.66. The van der Waals surface area contributed by atoms with Gasteiger partial charge in [0.15, 0.2) is 17.3 Å². The Labute approximate surface area is 188 Å². The summed E-state index contributed by atoms with van der Waals surface area (Å²) < 4.78 is 26.8. The molecule has 5 heterocycles. The topological polar surface area (TPSA) is 99.2 Å². The van der Waals surface area contributed by atoms with Gasteiger partial charge in [0.05, 0.1) is 31.0 Å². The minimum Gasteiger partial charge on any atom is -0.377 e. The van der Waals surface area contributed by atoms with Gasteiger partial charge in [-0.3, -0.25) is 9.48 Å². The molecule has 168 valence electrons. The van der Waals surface area contributed by atoms with E-state index in [-0.39, 0.29) is 23.6 Å². The van der Waals surface area contributed by atoms with Crippen LogP contribution in [0.4, 0.5) is 4.39 Å². The molecule has 2 aliphatic rings. The summed E-state index contributed by atoms with van der Waals surface area (Å²) in [6.07, 6.45) is 4.62. The summed E-state index contributed by atoms with van der Waals surface area (Å²) >= 11 is 0. The molecule has 0 bridgehead atoms. The van der Waals surface area contributed by atoms with E-state index in [1.165, 1.54) is 18.3 Å². The molecule has 2 fully saturated rings. The maximum atomic E-state index is 13.9. The monoisotopic (exact) mass is 448 g/mol. The molecule has 2 aliphatic heterocycles. The predicted octanol–water partition coefficient (Wildman–Crippen LogP) is 3.21. The molecule has 1 amide bonds. The van der Waals surface area contributed by atoms with Crippen molar-refractivity contribution in [2.75, 3.05) is 26.3 Å². The van der Waals surface area contributed by atoms with Crippen molar-refractivity contribution in [1.82, 2.24) is 29.8 Å². The molecule has 10 heteroatoms. The molecule has 0 N–H and O–H groups in total. The average Bonchev–Trinajstić information content (AvgIpc) is 3.46. The van der Waals surface area contributed by atoms with Crippen LogP contribution in [0.15, 0.2) is 47.2 Å². The molecule has 0 aliphatic carbocycles. The lowest BCUT2D eigenvalue weighted by atomic mass is 9.96. The summed E-state index contributed by atoms with van der Waals surface area (Å²) in [5.41, 5.74) is 1.71. The third-order valence-corrected chi connectivity index (χ3v) is 6.36. The smallest absolute Gasteiger partial charge is 0.275 e. The maximum absolute atomic E-state index is 13.9. The Kier molecular flexibility index (Phi) is 4.87. The number of hydrogen-bond donors (Lipinski definition) is 0. The highest BCUT2D eigenvalue weighted by atomic mass is 19.1. The van der Waals surface area contributed by atoms with E-state index in [1.54, 1.807) is 4.90 Å². The number of likely N-dealkylation sites (tertiary alicyclic amines) is 1. The first-order valence-electron chi connectivity index (χ1n) is 11.0. The Morgan fingerprint density at radius 1 is 1.15 bits per heavy atom. The first-order chi connectivity index (χ1) is 16.2. The van der Waals surface area contributed by atoms with Gasteiger partial charge in [0.1, 0.15) is 0 Å². The minimum atomic E-state index is -0.601. The zero-order valence-electron chi connectivity index (χ0n) is 17.7. The van der Waals surface area contributed by atoms with Crippen LogP contribution in [-0.2, 0) is 4.74 Å². The van der Waals surface area contributed by atoms with E-state index in [0.29, 0.717) is 50.9 Å². The fourth-order valence-corrected chi connectivity index (χ4v) is 4.38. The van der Waals surface area contributed by atoms with Gasteiger partial charge in [0.2, 0.25) is 0 Å². The van der Waals surface area contributed by atoms with E-state index in [0.717, 1.165) is 16.5 Å². The second-order valence-electron chi connectivity index (χ2n) is 8.41. The minimum absolute atomic E-state index is 0.0708. The molecule has 0 atom stereocenters. The first kappa shape index (κ1) is 20.0. The van der Waals surface area contributed by atoms with E-state index in [2.05, 4.69) is 20.2 Å². The molecule has 3 aromatic heterocycles. The highest BCUT2D eigenvalue weighted by molar-refractivity contribution is 5.92. The van der Waals surface area contributed by atoms with Gasteiger partial charge in [-0.15, -0.1) is 0 Å². The number of benzene rings is 1. The van der Waals surface area contributed by atoms with Crippen molar-refractivity contribution in [3.05, 3.63) is 60.1 Å². The van der Waals surface area contributed by atoms with Crippen molar-refractivity contribution < 1.29 is 18.4 Å². The van der Waals surface area contributed by atoms with Crippen LogP contribution in [0, 0.1) is 5.82 Å². The van der Waals surface area contributed by atoms with Crippen LogP contribution < -0.4 is 0 Å². The Balaban J connectivity index is 1.16. The lowest BCUT2D eigenvalue weighted by molar-refractivity contribution is -0.0266. The lowest BCUT2D eigenvalue weighted by Crippen LogP contribution is -2.38. The van der Waals surface area contributed by atoms with Crippen molar-refractivity contribution in [2.24, 2.45) is 0 Å². The third kappa shape index (κ3) is 3.56. The predicted molar refractivity (Wildman–Crippen MR) is 115 cm³/mol. The van der Waals surface area contributed by atoms with Gasteiger partial charge >= 0.3 is 0 Å². The van der Waals surface area contributed by atoms with E-state index in [9.17, 15) is 9.18 Å². The third-order valence-electron chi connectivity index (χ3n) is 6.36. The molecular weight excluding hydrogens is 427 g/mol. The highest BCUT2D eigenvalue weighted by Crippen LogP contribution is 2.31. The summed E-state index contributed by atoms with van der Waals surface area (Å²) in [6, 6.07) is 8.94. The molecule has 0 saturated carbocycles. The number of rotatable bonds is 4. The number of ether oxygens (including phenoxy) is 1. The molecule has 2 saturated heterocycles. The second-order valence-corrected chi connectivity index (χ2v) is 8.41. The summed E-state index contributed by atoms with van der Waals surface area (Å²) in [5.74, 6) is 0.167. The Morgan fingerprint density at radius 3 is 2.76 bits per heavy atom. The SMILES string of the molecule is O=C(c1ncccc1F)N1CCC(c2noc(-c3ccc4cnn(C5COC5)c4c3)n2)CC1. The van der Waals surface area contributed by atoms with Crippen LogP contribution in [0.2, 0.25) is 0 Å². The number of piperidine rings is 1. The van der Waals surface area contributed by atoms with Gasteiger partial charge in [-0.2, -0.15) is 10.1 Å². The van der Waals surface area contributed by atoms with Gasteiger partial charge in [0.25, 0.3) is 11.8 Å². The fraction of sp³-hybridized carbons (Fsp3) is 0.348. The number of aromatic nitrogens is 5. The maximum Gasteiger partial charge on any atom is 0.275 e. The number of amides is 1. The first-order valence-corrected chi connectivity index (χ1v) is 11.0. The van der Waals surface area contributed by atoms with Crippen LogP contribution in [0.5, 0.6) is 0 Å². The lowest BCUT2D eigenvalue weighted by Gasteiger charge is -2.30. The number of hydrogen-bond acceptors (Lipinski definition) is 7. The van der Waals surface area contributed by atoms with Crippen LogP contribution in [-0.4, -0.2) is 62.0 Å². The van der Waals surface area contributed by atoms with Crippen molar-refractivity contribution in [3.63, 3.8) is 0 Å². The van der Waals surface area contributed by atoms with Gasteiger partial charge in [-0.25, -0.2) is 9.37 Å². The van der Waals surface area contributed by atoms with Crippen LogP contribution in [0.3, 0.4) is 0 Å². The highest BCUT2D eigenvalue weighted by Gasteiger charge is 2.29. The molecule has 0 unspecified atom stereocenters.